The van der Waals surface area contributed by atoms with Crippen LogP contribution in [0.1, 0.15) is 0 Å². The van der Waals surface area contributed by atoms with E-state index in [1.54, 1.807) is 30.5 Å². The van der Waals surface area contributed by atoms with Crippen LogP contribution < -0.4 is 0 Å². The lowest BCUT2D eigenvalue weighted by Crippen LogP contribution is -1.87. The highest BCUT2D eigenvalue weighted by Gasteiger charge is 2.06. The first-order chi connectivity index (χ1) is 7.18. The molecule has 0 unspecified atom stereocenters. The van der Waals surface area contributed by atoms with Crippen molar-refractivity contribution >= 4 is 31.9 Å². The van der Waals surface area contributed by atoms with E-state index < -0.39 is 0 Å². The Bertz CT molecular complexity index is 500. The molecule has 0 saturated carbocycles. The highest BCUT2D eigenvalue weighted by Crippen LogP contribution is 2.28. The second-order valence-corrected chi connectivity index (χ2v) is 4.67. The smallest absolute Gasteiger partial charge is 0.132 e. The van der Waals surface area contributed by atoms with Gasteiger partial charge in [0.2, 0.25) is 0 Å². The van der Waals surface area contributed by atoms with E-state index in [4.69, 9.17) is 0 Å². The molecule has 1 nitrogen and oxygen atoms in total. The highest BCUT2D eigenvalue weighted by molar-refractivity contribution is 9.13. The van der Waals surface area contributed by atoms with E-state index in [-0.39, 0.29) is 5.82 Å². The van der Waals surface area contributed by atoms with Crippen LogP contribution in [0.25, 0.3) is 11.3 Å². The average molecular weight is 331 g/mol. The molecule has 0 radical (unpaired) electrons. The Balaban J connectivity index is 2.55. The van der Waals surface area contributed by atoms with Gasteiger partial charge < -0.3 is 0 Å². The molecule has 0 amide bonds. The summed E-state index contributed by atoms with van der Waals surface area (Å²) in [5.41, 5.74) is 1.12. The number of aromatic nitrogens is 1. The van der Waals surface area contributed by atoms with Gasteiger partial charge in [-0.2, -0.15) is 0 Å². The fraction of sp³-hybridized carbons (Fsp3) is 0. The molecule has 0 aliphatic carbocycles. The number of hydrogen-bond donors (Lipinski definition) is 0. The van der Waals surface area contributed by atoms with E-state index in [0.717, 1.165) is 8.95 Å². The molecule has 1 aromatic heterocycles. The zero-order valence-electron chi connectivity index (χ0n) is 7.55. The third-order valence-corrected chi connectivity index (χ3v) is 3.78. The highest BCUT2D eigenvalue weighted by atomic mass is 79.9. The van der Waals surface area contributed by atoms with Crippen LogP contribution in [0.4, 0.5) is 4.39 Å². The molecule has 0 saturated heterocycles. The van der Waals surface area contributed by atoms with Gasteiger partial charge in [0.15, 0.2) is 0 Å². The Morgan fingerprint density at radius 2 is 1.80 bits per heavy atom. The number of rotatable bonds is 1. The molecule has 0 spiro atoms. The van der Waals surface area contributed by atoms with Crippen molar-refractivity contribution in [2.75, 3.05) is 0 Å². The lowest BCUT2D eigenvalue weighted by atomic mass is 10.1. The zero-order chi connectivity index (χ0) is 10.8. The second-order valence-electron chi connectivity index (χ2n) is 2.96. The molecule has 1 heterocycles. The van der Waals surface area contributed by atoms with Crippen molar-refractivity contribution < 1.29 is 4.39 Å². The molecular weight excluding hydrogens is 325 g/mol. The maximum absolute atomic E-state index is 13.4. The van der Waals surface area contributed by atoms with E-state index in [1.165, 1.54) is 6.07 Å². The topological polar surface area (TPSA) is 12.9 Å². The summed E-state index contributed by atoms with van der Waals surface area (Å²) in [5, 5.41) is 0. The van der Waals surface area contributed by atoms with E-state index in [9.17, 15) is 4.39 Å². The van der Waals surface area contributed by atoms with Crippen molar-refractivity contribution in [3.8, 4) is 11.3 Å². The third kappa shape index (κ3) is 2.26. The van der Waals surface area contributed by atoms with Gasteiger partial charge in [-0.15, -0.1) is 0 Å². The Morgan fingerprint density at radius 3 is 2.47 bits per heavy atom. The van der Waals surface area contributed by atoms with Gasteiger partial charge >= 0.3 is 0 Å². The van der Waals surface area contributed by atoms with Gasteiger partial charge in [0.05, 0.1) is 10.2 Å². The Kier molecular flexibility index (Phi) is 3.17. The first-order valence-electron chi connectivity index (χ1n) is 4.24. The van der Waals surface area contributed by atoms with Crippen molar-refractivity contribution in [1.29, 1.82) is 0 Å². The van der Waals surface area contributed by atoms with Crippen LogP contribution in [-0.2, 0) is 0 Å². The third-order valence-electron chi connectivity index (χ3n) is 1.96. The van der Waals surface area contributed by atoms with Gasteiger partial charge in [-0.1, -0.05) is 12.1 Å². The standard InChI is InChI=1S/C11H6Br2FN/c12-8-5-11(15-6-9(8)13)7-3-1-2-4-10(7)14/h1-6H. The molecule has 0 bridgehead atoms. The molecule has 0 atom stereocenters. The van der Waals surface area contributed by atoms with Crippen molar-refractivity contribution in [1.82, 2.24) is 4.98 Å². The van der Waals surface area contributed by atoms with E-state index in [2.05, 4.69) is 36.8 Å². The number of benzene rings is 1. The molecule has 0 N–H and O–H groups in total. The molecule has 4 heteroatoms. The van der Waals surface area contributed by atoms with Crippen LogP contribution in [0.5, 0.6) is 0 Å². The fourth-order valence-electron chi connectivity index (χ4n) is 1.23. The van der Waals surface area contributed by atoms with Crippen molar-refractivity contribution in [3.63, 3.8) is 0 Å². The van der Waals surface area contributed by atoms with Gasteiger partial charge in [0, 0.05) is 16.2 Å². The number of nitrogens with zero attached hydrogens (tertiary/aromatic N) is 1. The summed E-state index contributed by atoms with van der Waals surface area (Å²) in [6, 6.07) is 8.36. The minimum absolute atomic E-state index is 0.265. The normalized spacial score (nSPS) is 10.3. The van der Waals surface area contributed by atoms with Crippen LogP contribution in [0.2, 0.25) is 0 Å². The van der Waals surface area contributed by atoms with E-state index >= 15 is 0 Å². The molecular formula is C11H6Br2FN. The maximum atomic E-state index is 13.4. The van der Waals surface area contributed by atoms with Gasteiger partial charge in [0.1, 0.15) is 5.82 Å². The average Bonchev–Trinajstić information content (AvgIpc) is 2.23. The van der Waals surface area contributed by atoms with Crippen molar-refractivity contribution in [3.05, 3.63) is 51.3 Å². The Hall–Kier alpha value is -0.740. The Morgan fingerprint density at radius 1 is 1.07 bits per heavy atom. The summed E-state index contributed by atoms with van der Waals surface area (Å²) in [7, 11) is 0. The summed E-state index contributed by atoms with van der Waals surface area (Å²) in [6.07, 6.45) is 1.64. The summed E-state index contributed by atoms with van der Waals surface area (Å²) in [5.74, 6) is -0.265. The molecule has 0 aliphatic rings. The first kappa shape index (κ1) is 10.8. The quantitative estimate of drug-likeness (QED) is 0.754. The van der Waals surface area contributed by atoms with Crippen LogP contribution in [0.3, 0.4) is 0 Å². The molecule has 76 valence electrons. The molecule has 0 aliphatic heterocycles. The molecule has 2 rings (SSSR count). The molecule has 0 fully saturated rings. The Labute approximate surface area is 104 Å². The second kappa shape index (κ2) is 4.41. The van der Waals surface area contributed by atoms with Gasteiger partial charge in [-0.3, -0.25) is 4.98 Å². The van der Waals surface area contributed by atoms with Crippen LogP contribution in [0, 0.1) is 5.82 Å². The molecule has 2 aromatic rings. The number of hydrogen-bond acceptors (Lipinski definition) is 1. The predicted molar refractivity (Wildman–Crippen MR) is 65.0 cm³/mol. The van der Waals surface area contributed by atoms with Gasteiger partial charge in [-0.05, 0) is 50.1 Å². The number of halogens is 3. The van der Waals surface area contributed by atoms with E-state index in [1.807, 2.05) is 0 Å². The van der Waals surface area contributed by atoms with Gasteiger partial charge in [-0.25, -0.2) is 4.39 Å². The minimum atomic E-state index is -0.265. The minimum Gasteiger partial charge on any atom is -0.255 e. The first-order valence-corrected chi connectivity index (χ1v) is 5.83. The fourth-order valence-corrected chi connectivity index (χ4v) is 1.77. The molecule has 15 heavy (non-hydrogen) atoms. The summed E-state index contributed by atoms with van der Waals surface area (Å²) in [6.45, 7) is 0. The monoisotopic (exact) mass is 329 g/mol. The SMILES string of the molecule is Fc1ccccc1-c1cc(Br)c(Br)cn1. The predicted octanol–water partition coefficient (Wildman–Crippen LogP) is 4.41. The summed E-state index contributed by atoms with van der Waals surface area (Å²) in [4.78, 5) is 4.15. The maximum Gasteiger partial charge on any atom is 0.132 e. The largest absolute Gasteiger partial charge is 0.255 e. The summed E-state index contributed by atoms with van der Waals surface area (Å²) < 4.78 is 15.1. The van der Waals surface area contributed by atoms with E-state index in [0.29, 0.717) is 11.3 Å². The lowest BCUT2D eigenvalue weighted by molar-refractivity contribution is 0.630. The van der Waals surface area contributed by atoms with Gasteiger partial charge in [0.25, 0.3) is 0 Å². The lowest BCUT2D eigenvalue weighted by Gasteiger charge is -2.03. The number of pyridine rings is 1. The van der Waals surface area contributed by atoms with Crippen LogP contribution in [0.15, 0.2) is 45.5 Å². The zero-order valence-corrected chi connectivity index (χ0v) is 10.7. The summed E-state index contributed by atoms with van der Waals surface area (Å²) >= 11 is 6.68. The molecule has 1 aromatic carbocycles. The van der Waals surface area contributed by atoms with Crippen LogP contribution >= 0.6 is 31.9 Å². The van der Waals surface area contributed by atoms with Crippen LogP contribution in [-0.4, -0.2) is 4.98 Å². The van der Waals surface area contributed by atoms with Crippen molar-refractivity contribution in [2.45, 2.75) is 0 Å². The van der Waals surface area contributed by atoms with Crippen molar-refractivity contribution in [2.24, 2.45) is 0 Å².